The zero-order valence-electron chi connectivity index (χ0n) is 13.0. The Labute approximate surface area is 135 Å². The average Bonchev–Trinajstić information content (AvgIpc) is 2.59. The number of aromatic nitrogens is 2. The van der Waals surface area contributed by atoms with Crippen molar-refractivity contribution in [3.8, 4) is 0 Å². The number of aliphatic imine (C=N–C) groups is 1. The maximum absolute atomic E-state index is 11.8. The third kappa shape index (κ3) is 6.13. The zero-order valence-corrected chi connectivity index (χ0v) is 13.0. The lowest BCUT2D eigenvalue weighted by molar-refractivity contribution is -0.115. The van der Waals surface area contributed by atoms with Crippen molar-refractivity contribution < 1.29 is 4.79 Å². The molecule has 7 nitrogen and oxygen atoms in total. The first-order valence-electron chi connectivity index (χ1n) is 7.32. The van der Waals surface area contributed by atoms with Gasteiger partial charge in [-0.05, 0) is 24.3 Å². The molecule has 0 saturated heterocycles. The normalized spacial score (nSPS) is 10.9. The number of hydrogen-bond acceptors (Lipinski definition) is 4. The number of anilines is 1. The third-order valence-electron chi connectivity index (χ3n) is 2.99. The molecule has 0 aliphatic heterocycles. The molecule has 0 unspecified atom stereocenters. The molecular formula is C16H20N6O. The summed E-state index contributed by atoms with van der Waals surface area (Å²) in [6.45, 7) is 0.805. The van der Waals surface area contributed by atoms with Crippen LogP contribution in [0.15, 0.2) is 53.9 Å². The molecule has 0 radical (unpaired) electrons. The Kier molecular flexibility index (Phi) is 6.52. The van der Waals surface area contributed by atoms with E-state index in [2.05, 4.69) is 30.9 Å². The van der Waals surface area contributed by atoms with Crippen molar-refractivity contribution in [3.63, 3.8) is 0 Å². The van der Waals surface area contributed by atoms with E-state index in [1.807, 2.05) is 18.2 Å². The Morgan fingerprint density at radius 1 is 1.17 bits per heavy atom. The lowest BCUT2D eigenvalue weighted by atomic mass is 10.3. The van der Waals surface area contributed by atoms with Gasteiger partial charge in [0.25, 0.3) is 0 Å². The minimum atomic E-state index is -0.161. The van der Waals surface area contributed by atoms with Crippen LogP contribution in [0.2, 0.25) is 0 Å². The van der Waals surface area contributed by atoms with Crippen molar-refractivity contribution in [2.24, 2.45) is 4.99 Å². The van der Waals surface area contributed by atoms with Crippen molar-refractivity contribution in [1.82, 2.24) is 20.6 Å². The highest BCUT2D eigenvalue weighted by molar-refractivity contribution is 5.94. The van der Waals surface area contributed by atoms with Crippen LogP contribution in [0.25, 0.3) is 0 Å². The first-order valence-corrected chi connectivity index (χ1v) is 7.32. The van der Waals surface area contributed by atoms with Gasteiger partial charge in [-0.1, -0.05) is 6.07 Å². The summed E-state index contributed by atoms with van der Waals surface area (Å²) in [7, 11) is 1.66. The molecule has 0 spiro atoms. The van der Waals surface area contributed by atoms with Crippen LogP contribution in [0.1, 0.15) is 5.69 Å². The number of carbonyl (C=O) groups excluding carboxylic acids is 1. The van der Waals surface area contributed by atoms with E-state index in [1.54, 1.807) is 37.8 Å². The van der Waals surface area contributed by atoms with E-state index in [-0.39, 0.29) is 12.5 Å². The smallest absolute Gasteiger partial charge is 0.243 e. The van der Waals surface area contributed by atoms with Crippen LogP contribution in [0.3, 0.4) is 0 Å². The van der Waals surface area contributed by atoms with Gasteiger partial charge in [0.05, 0.1) is 18.4 Å². The fourth-order valence-electron chi connectivity index (χ4n) is 1.88. The number of carbonyl (C=O) groups is 1. The van der Waals surface area contributed by atoms with Gasteiger partial charge < -0.3 is 16.0 Å². The SMILES string of the molecule is CN=C(NCCc1ccccn1)NCC(=O)Nc1cccnc1. The highest BCUT2D eigenvalue weighted by atomic mass is 16.1. The Balaban J connectivity index is 1.69. The predicted octanol–water partition coefficient (Wildman–Crippen LogP) is 0.823. The summed E-state index contributed by atoms with van der Waals surface area (Å²) >= 11 is 0. The van der Waals surface area contributed by atoms with E-state index >= 15 is 0 Å². The molecule has 1 amide bonds. The van der Waals surface area contributed by atoms with E-state index in [0.29, 0.717) is 18.2 Å². The number of nitrogens with one attached hydrogen (secondary N) is 3. The van der Waals surface area contributed by atoms with Crippen LogP contribution in [-0.4, -0.2) is 42.0 Å². The molecule has 2 aromatic rings. The molecule has 120 valence electrons. The van der Waals surface area contributed by atoms with Crippen LogP contribution < -0.4 is 16.0 Å². The first-order chi connectivity index (χ1) is 11.3. The van der Waals surface area contributed by atoms with Gasteiger partial charge in [-0.25, -0.2) is 0 Å². The Hall–Kier alpha value is -2.96. The number of rotatable bonds is 6. The van der Waals surface area contributed by atoms with Gasteiger partial charge in [0.1, 0.15) is 0 Å². The maximum Gasteiger partial charge on any atom is 0.243 e. The van der Waals surface area contributed by atoms with Crippen LogP contribution in [-0.2, 0) is 11.2 Å². The fraction of sp³-hybridized carbons (Fsp3) is 0.250. The largest absolute Gasteiger partial charge is 0.356 e. The fourth-order valence-corrected chi connectivity index (χ4v) is 1.88. The van der Waals surface area contributed by atoms with Crippen molar-refractivity contribution in [3.05, 3.63) is 54.6 Å². The summed E-state index contributed by atoms with van der Waals surface area (Å²) in [6, 6.07) is 9.36. The number of nitrogens with zero attached hydrogens (tertiary/aromatic N) is 3. The molecule has 0 atom stereocenters. The topological polar surface area (TPSA) is 91.3 Å². The van der Waals surface area contributed by atoms with Crippen LogP contribution >= 0.6 is 0 Å². The van der Waals surface area contributed by atoms with Gasteiger partial charge in [0.15, 0.2) is 5.96 Å². The molecule has 0 aliphatic carbocycles. The molecule has 2 heterocycles. The molecule has 7 heteroatoms. The molecule has 0 bridgehead atoms. The van der Waals surface area contributed by atoms with Gasteiger partial charge in [-0.2, -0.15) is 0 Å². The third-order valence-corrected chi connectivity index (χ3v) is 2.99. The number of hydrogen-bond donors (Lipinski definition) is 3. The highest BCUT2D eigenvalue weighted by Gasteiger charge is 2.04. The second kappa shape index (κ2) is 9.14. The summed E-state index contributed by atoms with van der Waals surface area (Å²) in [5, 5.41) is 8.85. The molecule has 0 fully saturated rings. The molecule has 3 N–H and O–H groups in total. The minimum absolute atomic E-state index is 0.123. The quantitative estimate of drug-likeness (QED) is 0.543. The van der Waals surface area contributed by atoms with E-state index in [4.69, 9.17) is 0 Å². The predicted molar refractivity (Wildman–Crippen MR) is 90.2 cm³/mol. The Bertz CT molecular complexity index is 630. The minimum Gasteiger partial charge on any atom is -0.356 e. The monoisotopic (exact) mass is 312 g/mol. The number of guanidine groups is 1. The van der Waals surface area contributed by atoms with Gasteiger partial charge in [0.2, 0.25) is 5.91 Å². The lowest BCUT2D eigenvalue weighted by Crippen LogP contribution is -2.42. The zero-order chi connectivity index (χ0) is 16.3. The van der Waals surface area contributed by atoms with E-state index in [9.17, 15) is 4.79 Å². The summed E-state index contributed by atoms with van der Waals surface area (Å²) in [5.41, 5.74) is 1.67. The number of pyridine rings is 2. The van der Waals surface area contributed by atoms with E-state index < -0.39 is 0 Å². The molecule has 0 saturated carbocycles. The standard InChI is InChI=1S/C16H20N6O/c1-17-16(20-10-7-13-5-2-3-9-19-13)21-12-15(23)22-14-6-4-8-18-11-14/h2-6,8-9,11H,7,10,12H2,1H3,(H,22,23)(H2,17,20,21). The molecule has 0 aliphatic rings. The Morgan fingerprint density at radius 3 is 2.78 bits per heavy atom. The van der Waals surface area contributed by atoms with E-state index in [1.165, 1.54) is 0 Å². The molecule has 2 rings (SSSR count). The average molecular weight is 312 g/mol. The summed E-state index contributed by atoms with van der Waals surface area (Å²) < 4.78 is 0. The van der Waals surface area contributed by atoms with Crippen molar-refractivity contribution in [2.45, 2.75) is 6.42 Å². The van der Waals surface area contributed by atoms with Crippen molar-refractivity contribution in [1.29, 1.82) is 0 Å². The van der Waals surface area contributed by atoms with Crippen LogP contribution in [0.5, 0.6) is 0 Å². The summed E-state index contributed by atoms with van der Waals surface area (Å²) in [5.74, 6) is 0.410. The second-order valence-electron chi connectivity index (χ2n) is 4.71. The molecule has 0 aromatic carbocycles. The van der Waals surface area contributed by atoms with Crippen LogP contribution in [0, 0.1) is 0 Å². The summed E-state index contributed by atoms with van der Waals surface area (Å²) in [4.78, 5) is 24.1. The van der Waals surface area contributed by atoms with Crippen molar-refractivity contribution in [2.75, 3.05) is 25.5 Å². The van der Waals surface area contributed by atoms with Gasteiger partial charge in [0, 0.05) is 38.1 Å². The van der Waals surface area contributed by atoms with Gasteiger partial charge in [-0.3, -0.25) is 19.8 Å². The first kappa shape index (κ1) is 16.4. The highest BCUT2D eigenvalue weighted by Crippen LogP contribution is 2.01. The Morgan fingerprint density at radius 2 is 2.09 bits per heavy atom. The molecule has 23 heavy (non-hydrogen) atoms. The van der Waals surface area contributed by atoms with Gasteiger partial charge >= 0.3 is 0 Å². The molecule has 2 aromatic heterocycles. The van der Waals surface area contributed by atoms with E-state index in [0.717, 1.165) is 12.1 Å². The van der Waals surface area contributed by atoms with Crippen molar-refractivity contribution >= 4 is 17.6 Å². The second-order valence-corrected chi connectivity index (χ2v) is 4.71. The maximum atomic E-state index is 11.8. The lowest BCUT2D eigenvalue weighted by Gasteiger charge is -2.11. The number of amides is 1. The molecular weight excluding hydrogens is 292 g/mol. The van der Waals surface area contributed by atoms with Crippen LogP contribution in [0.4, 0.5) is 5.69 Å². The van der Waals surface area contributed by atoms with Gasteiger partial charge in [-0.15, -0.1) is 0 Å². The summed E-state index contributed by atoms with van der Waals surface area (Å²) in [6.07, 6.45) is 5.80.